The van der Waals surface area contributed by atoms with Gasteiger partial charge in [-0.3, -0.25) is 9.59 Å². The maximum atomic E-state index is 12.2. The lowest BCUT2D eigenvalue weighted by molar-refractivity contribution is 0.0745. The third-order valence-corrected chi connectivity index (χ3v) is 3.08. The molecule has 2 aromatic heterocycles. The van der Waals surface area contributed by atoms with Gasteiger partial charge in [-0.25, -0.2) is 0 Å². The van der Waals surface area contributed by atoms with E-state index in [2.05, 4.69) is 13.8 Å². The van der Waals surface area contributed by atoms with Crippen LogP contribution < -0.4 is 5.56 Å². The van der Waals surface area contributed by atoms with Crippen molar-refractivity contribution in [1.29, 1.82) is 0 Å². The smallest absolute Gasteiger partial charge is 0.289 e. The molecule has 0 spiro atoms. The molecule has 0 aromatic carbocycles. The lowest BCUT2D eigenvalue weighted by atomic mass is 10.2. The standard InChI is InChI=1S/C16H20N2O3/c1-12(2)10-17(3)16(20)14-8-7-13(21-14)11-18-9-5-4-6-15(18)19/h4-9,12H,10-11H2,1-3H3. The van der Waals surface area contributed by atoms with E-state index >= 15 is 0 Å². The van der Waals surface area contributed by atoms with Crippen molar-refractivity contribution in [1.82, 2.24) is 9.47 Å². The first-order valence-electron chi connectivity index (χ1n) is 6.97. The van der Waals surface area contributed by atoms with Crippen LogP contribution in [0.2, 0.25) is 0 Å². The summed E-state index contributed by atoms with van der Waals surface area (Å²) in [6.45, 7) is 5.10. The molecule has 0 aliphatic rings. The van der Waals surface area contributed by atoms with Crippen LogP contribution in [-0.4, -0.2) is 29.0 Å². The van der Waals surface area contributed by atoms with Crippen LogP contribution in [-0.2, 0) is 6.54 Å². The zero-order valence-corrected chi connectivity index (χ0v) is 12.6. The highest BCUT2D eigenvalue weighted by Gasteiger charge is 2.16. The number of hydrogen-bond acceptors (Lipinski definition) is 3. The van der Waals surface area contributed by atoms with Crippen molar-refractivity contribution in [3.05, 3.63) is 58.4 Å². The monoisotopic (exact) mass is 288 g/mol. The topological polar surface area (TPSA) is 55.5 Å². The Morgan fingerprint density at radius 3 is 2.71 bits per heavy atom. The summed E-state index contributed by atoms with van der Waals surface area (Å²) in [4.78, 5) is 25.5. The zero-order chi connectivity index (χ0) is 15.4. The Hall–Kier alpha value is -2.30. The van der Waals surface area contributed by atoms with Gasteiger partial charge < -0.3 is 13.9 Å². The Kier molecular flexibility index (Phi) is 4.62. The van der Waals surface area contributed by atoms with Crippen LogP contribution in [0.1, 0.15) is 30.2 Å². The molecular weight excluding hydrogens is 268 g/mol. The van der Waals surface area contributed by atoms with E-state index in [0.717, 1.165) is 0 Å². The Bertz CT molecular complexity index is 670. The van der Waals surface area contributed by atoms with Gasteiger partial charge in [-0.1, -0.05) is 19.9 Å². The van der Waals surface area contributed by atoms with Crippen LogP contribution in [0.25, 0.3) is 0 Å². The second-order valence-electron chi connectivity index (χ2n) is 5.51. The van der Waals surface area contributed by atoms with E-state index < -0.39 is 0 Å². The van der Waals surface area contributed by atoms with Gasteiger partial charge in [0.25, 0.3) is 11.5 Å². The number of rotatable bonds is 5. The van der Waals surface area contributed by atoms with Gasteiger partial charge in [0.1, 0.15) is 5.76 Å². The largest absolute Gasteiger partial charge is 0.454 e. The third kappa shape index (κ3) is 3.84. The van der Waals surface area contributed by atoms with Gasteiger partial charge >= 0.3 is 0 Å². The Labute approximate surface area is 123 Å². The normalized spacial score (nSPS) is 10.9. The molecule has 1 amide bonds. The minimum atomic E-state index is -0.143. The van der Waals surface area contributed by atoms with Crippen LogP contribution in [0.5, 0.6) is 0 Å². The molecule has 0 aliphatic carbocycles. The minimum Gasteiger partial charge on any atom is -0.454 e. The molecule has 2 aromatic rings. The van der Waals surface area contributed by atoms with Crippen molar-refractivity contribution in [2.75, 3.05) is 13.6 Å². The van der Waals surface area contributed by atoms with Crippen LogP contribution in [0.4, 0.5) is 0 Å². The first-order chi connectivity index (χ1) is 9.97. The lowest BCUT2D eigenvalue weighted by Crippen LogP contribution is -2.29. The number of carbonyl (C=O) groups excluding carboxylic acids is 1. The average Bonchev–Trinajstić information content (AvgIpc) is 2.88. The van der Waals surface area contributed by atoms with E-state index in [9.17, 15) is 9.59 Å². The molecule has 0 bridgehead atoms. The SMILES string of the molecule is CC(C)CN(C)C(=O)c1ccc(Cn2ccccc2=O)o1. The second kappa shape index (κ2) is 6.43. The van der Waals surface area contributed by atoms with Crippen LogP contribution in [0, 0.1) is 5.92 Å². The third-order valence-electron chi connectivity index (χ3n) is 3.08. The van der Waals surface area contributed by atoms with Crippen LogP contribution in [0.3, 0.4) is 0 Å². The molecule has 112 valence electrons. The fraction of sp³-hybridized carbons (Fsp3) is 0.375. The summed E-state index contributed by atoms with van der Waals surface area (Å²) in [5.41, 5.74) is -0.0984. The molecule has 0 saturated heterocycles. The number of hydrogen-bond donors (Lipinski definition) is 0. The highest BCUT2D eigenvalue weighted by atomic mass is 16.4. The van der Waals surface area contributed by atoms with E-state index in [1.165, 1.54) is 10.6 Å². The summed E-state index contributed by atoms with van der Waals surface area (Å²) in [5, 5.41) is 0. The Morgan fingerprint density at radius 2 is 2.05 bits per heavy atom. The number of aromatic nitrogens is 1. The first-order valence-corrected chi connectivity index (χ1v) is 6.97. The van der Waals surface area contributed by atoms with Crippen molar-refractivity contribution in [2.45, 2.75) is 20.4 Å². The van der Waals surface area contributed by atoms with Gasteiger partial charge in [0.2, 0.25) is 0 Å². The first kappa shape index (κ1) is 15.1. The molecule has 0 saturated carbocycles. The Morgan fingerprint density at radius 1 is 1.29 bits per heavy atom. The number of carbonyl (C=O) groups is 1. The molecule has 0 unspecified atom stereocenters. The number of amides is 1. The molecule has 5 heteroatoms. The molecule has 5 nitrogen and oxygen atoms in total. The number of nitrogens with zero attached hydrogens (tertiary/aromatic N) is 2. The maximum absolute atomic E-state index is 12.2. The molecular formula is C16H20N2O3. The molecule has 21 heavy (non-hydrogen) atoms. The fourth-order valence-electron chi connectivity index (χ4n) is 2.16. The van der Waals surface area contributed by atoms with Gasteiger partial charge in [0.15, 0.2) is 5.76 Å². The van der Waals surface area contributed by atoms with E-state index in [-0.39, 0.29) is 11.5 Å². The predicted molar refractivity (Wildman–Crippen MR) is 80.3 cm³/mol. The Balaban J connectivity index is 2.10. The zero-order valence-electron chi connectivity index (χ0n) is 12.6. The molecule has 0 radical (unpaired) electrons. The van der Waals surface area contributed by atoms with Gasteiger partial charge in [0.05, 0.1) is 6.54 Å². The summed E-state index contributed by atoms with van der Waals surface area (Å²) in [7, 11) is 1.76. The van der Waals surface area contributed by atoms with Gasteiger partial charge in [0, 0.05) is 25.9 Å². The van der Waals surface area contributed by atoms with Crippen molar-refractivity contribution in [3.63, 3.8) is 0 Å². The van der Waals surface area contributed by atoms with Crippen molar-refractivity contribution < 1.29 is 9.21 Å². The maximum Gasteiger partial charge on any atom is 0.289 e. The van der Waals surface area contributed by atoms with E-state index in [1.54, 1.807) is 42.4 Å². The van der Waals surface area contributed by atoms with Crippen LogP contribution in [0.15, 0.2) is 45.7 Å². The number of pyridine rings is 1. The van der Waals surface area contributed by atoms with Gasteiger partial charge in [-0.2, -0.15) is 0 Å². The molecule has 0 N–H and O–H groups in total. The average molecular weight is 288 g/mol. The van der Waals surface area contributed by atoms with Crippen molar-refractivity contribution in [2.24, 2.45) is 5.92 Å². The summed E-state index contributed by atoms with van der Waals surface area (Å²) in [6, 6.07) is 8.35. The summed E-state index contributed by atoms with van der Waals surface area (Å²) < 4.78 is 7.09. The highest BCUT2D eigenvalue weighted by Crippen LogP contribution is 2.12. The summed E-state index contributed by atoms with van der Waals surface area (Å²) in [5.74, 6) is 1.15. The van der Waals surface area contributed by atoms with Gasteiger partial charge in [-0.15, -0.1) is 0 Å². The molecule has 2 rings (SSSR count). The minimum absolute atomic E-state index is 0.0984. The molecule has 0 fully saturated rings. The van der Waals surface area contributed by atoms with Gasteiger partial charge in [-0.05, 0) is 24.1 Å². The summed E-state index contributed by atoms with van der Waals surface area (Å²) in [6.07, 6.45) is 1.69. The summed E-state index contributed by atoms with van der Waals surface area (Å²) >= 11 is 0. The second-order valence-corrected chi connectivity index (χ2v) is 5.51. The van der Waals surface area contributed by atoms with E-state index in [1.807, 2.05) is 0 Å². The predicted octanol–water partition coefficient (Wildman–Crippen LogP) is 2.22. The molecule has 0 atom stereocenters. The van der Waals surface area contributed by atoms with E-state index in [4.69, 9.17) is 4.42 Å². The van der Waals surface area contributed by atoms with Crippen LogP contribution >= 0.6 is 0 Å². The quantitative estimate of drug-likeness (QED) is 0.847. The lowest BCUT2D eigenvalue weighted by Gasteiger charge is -2.17. The highest BCUT2D eigenvalue weighted by molar-refractivity contribution is 5.91. The van der Waals surface area contributed by atoms with Crippen molar-refractivity contribution in [3.8, 4) is 0 Å². The number of furan rings is 1. The van der Waals surface area contributed by atoms with Crippen molar-refractivity contribution >= 4 is 5.91 Å². The van der Waals surface area contributed by atoms with E-state index in [0.29, 0.717) is 30.5 Å². The fourth-order valence-corrected chi connectivity index (χ4v) is 2.16. The molecule has 0 aliphatic heterocycles. The molecule has 2 heterocycles.